The van der Waals surface area contributed by atoms with E-state index in [1.54, 1.807) is 0 Å². The van der Waals surface area contributed by atoms with E-state index in [9.17, 15) is 9.90 Å². The monoisotopic (exact) mass is 233 g/mol. The van der Waals surface area contributed by atoms with Crippen molar-refractivity contribution in [3.05, 3.63) is 22.8 Å². The molecule has 5 nitrogen and oxygen atoms in total. The normalized spacial score (nSPS) is 20.1. The van der Waals surface area contributed by atoms with Crippen molar-refractivity contribution in [3.63, 3.8) is 0 Å². The summed E-state index contributed by atoms with van der Waals surface area (Å²) in [5.74, 6) is 0.213. The molecule has 1 aromatic heterocycles. The molecule has 5 heteroatoms. The Kier molecular flexibility index (Phi) is 2.36. The maximum atomic E-state index is 11.3. The molecule has 0 saturated heterocycles. The molecule has 1 aromatic rings. The number of hydrogen-bond donors (Lipinski definition) is 1. The van der Waals surface area contributed by atoms with Gasteiger partial charge in [-0.1, -0.05) is 0 Å². The minimum Gasteiger partial charge on any atom is -0.476 e. The van der Waals surface area contributed by atoms with Gasteiger partial charge >= 0.3 is 5.97 Å². The molecule has 2 heterocycles. The first-order valence-corrected chi connectivity index (χ1v) is 5.96. The van der Waals surface area contributed by atoms with Crippen LogP contribution in [0.2, 0.25) is 0 Å². The van der Waals surface area contributed by atoms with Gasteiger partial charge in [-0.25, -0.2) is 14.8 Å². The molecule has 0 unspecified atom stereocenters. The summed E-state index contributed by atoms with van der Waals surface area (Å²) in [7, 11) is 1.99. The van der Waals surface area contributed by atoms with Crippen LogP contribution in [0.25, 0.3) is 0 Å². The van der Waals surface area contributed by atoms with Gasteiger partial charge in [0.1, 0.15) is 5.82 Å². The van der Waals surface area contributed by atoms with Crippen molar-refractivity contribution in [2.45, 2.75) is 31.7 Å². The molecule has 1 saturated carbocycles. The van der Waals surface area contributed by atoms with Gasteiger partial charge in [-0.05, 0) is 19.9 Å². The molecule has 0 amide bonds. The van der Waals surface area contributed by atoms with Crippen LogP contribution in [0.4, 0.5) is 0 Å². The topological polar surface area (TPSA) is 66.3 Å². The van der Waals surface area contributed by atoms with Gasteiger partial charge in [0.2, 0.25) is 0 Å². The van der Waals surface area contributed by atoms with Gasteiger partial charge in [-0.2, -0.15) is 0 Å². The molecule has 17 heavy (non-hydrogen) atoms. The standard InChI is InChI=1S/C12H15N3O2/c1-15-5-4-9-8(6-15)10(12(16)17)14-11(13-9)7-2-3-7/h7H,2-6H2,1H3,(H,16,17). The van der Waals surface area contributed by atoms with Crippen LogP contribution in [0.15, 0.2) is 0 Å². The number of carboxylic acid groups (broad SMARTS) is 1. The molecule has 1 fully saturated rings. The van der Waals surface area contributed by atoms with Crippen LogP contribution in [0, 0.1) is 0 Å². The highest BCUT2D eigenvalue weighted by molar-refractivity contribution is 5.87. The summed E-state index contributed by atoms with van der Waals surface area (Å²) in [4.78, 5) is 22.2. The second-order valence-corrected chi connectivity index (χ2v) is 4.92. The minimum atomic E-state index is -0.930. The Balaban J connectivity index is 2.10. The molecular formula is C12H15N3O2. The molecule has 0 spiro atoms. The van der Waals surface area contributed by atoms with E-state index < -0.39 is 5.97 Å². The van der Waals surface area contributed by atoms with E-state index in [1.807, 2.05) is 7.05 Å². The Morgan fingerprint density at radius 1 is 1.41 bits per heavy atom. The van der Waals surface area contributed by atoms with Gasteiger partial charge in [0.15, 0.2) is 5.69 Å². The summed E-state index contributed by atoms with van der Waals surface area (Å²) in [5.41, 5.74) is 1.96. The predicted octanol–water partition coefficient (Wildman–Crippen LogP) is 1.04. The molecular weight excluding hydrogens is 218 g/mol. The van der Waals surface area contributed by atoms with Gasteiger partial charge in [0, 0.05) is 31.0 Å². The smallest absolute Gasteiger partial charge is 0.354 e. The van der Waals surface area contributed by atoms with E-state index >= 15 is 0 Å². The maximum Gasteiger partial charge on any atom is 0.354 e. The quantitative estimate of drug-likeness (QED) is 0.826. The fourth-order valence-electron chi connectivity index (χ4n) is 2.27. The first-order valence-electron chi connectivity index (χ1n) is 5.96. The Bertz CT molecular complexity index is 483. The maximum absolute atomic E-state index is 11.3. The Hall–Kier alpha value is -1.49. The van der Waals surface area contributed by atoms with Crippen LogP contribution in [0.3, 0.4) is 0 Å². The third-order valence-electron chi connectivity index (χ3n) is 3.41. The lowest BCUT2D eigenvalue weighted by molar-refractivity contribution is 0.0686. The molecule has 90 valence electrons. The lowest BCUT2D eigenvalue weighted by Crippen LogP contribution is -2.30. The second kappa shape index (κ2) is 3.77. The Morgan fingerprint density at radius 3 is 2.82 bits per heavy atom. The number of nitrogens with zero attached hydrogens (tertiary/aromatic N) is 3. The average Bonchev–Trinajstić information content (AvgIpc) is 3.11. The van der Waals surface area contributed by atoms with Crippen molar-refractivity contribution in [1.82, 2.24) is 14.9 Å². The fourth-order valence-corrected chi connectivity index (χ4v) is 2.27. The van der Waals surface area contributed by atoms with Crippen molar-refractivity contribution < 1.29 is 9.90 Å². The number of carbonyl (C=O) groups is 1. The Morgan fingerprint density at radius 2 is 2.18 bits per heavy atom. The third kappa shape index (κ3) is 1.91. The molecule has 0 aromatic carbocycles. The average molecular weight is 233 g/mol. The van der Waals surface area contributed by atoms with Crippen LogP contribution < -0.4 is 0 Å². The van der Waals surface area contributed by atoms with E-state index in [0.29, 0.717) is 12.5 Å². The van der Waals surface area contributed by atoms with E-state index in [-0.39, 0.29) is 5.69 Å². The van der Waals surface area contributed by atoms with Crippen molar-refractivity contribution >= 4 is 5.97 Å². The summed E-state index contributed by atoms with van der Waals surface area (Å²) in [6, 6.07) is 0. The van der Waals surface area contributed by atoms with Crippen molar-refractivity contribution in [1.29, 1.82) is 0 Å². The minimum absolute atomic E-state index is 0.212. The van der Waals surface area contributed by atoms with Crippen LogP contribution >= 0.6 is 0 Å². The van der Waals surface area contributed by atoms with Gasteiger partial charge in [0.25, 0.3) is 0 Å². The largest absolute Gasteiger partial charge is 0.476 e. The van der Waals surface area contributed by atoms with Crippen molar-refractivity contribution in [2.24, 2.45) is 0 Å². The number of likely N-dealkylation sites (N-methyl/N-ethyl adjacent to an activating group) is 1. The fraction of sp³-hybridized carbons (Fsp3) is 0.583. The zero-order chi connectivity index (χ0) is 12.0. The molecule has 1 N–H and O–H groups in total. The number of rotatable bonds is 2. The predicted molar refractivity (Wildman–Crippen MR) is 61.0 cm³/mol. The number of fused-ring (bicyclic) bond motifs is 1. The summed E-state index contributed by atoms with van der Waals surface area (Å²) in [6.45, 7) is 1.58. The van der Waals surface area contributed by atoms with Gasteiger partial charge < -0.3 is 10.0 Å². The highest BCUT2D eigenvalue weighted by atomic mass is 16.4. The number of hydrogen-bond acceptors (Lipinski definition) is 4. The first kappa shape index (κ1) is 10.7. The Labute approximate surface area is 99.5 Å². The first-order chi connectivity index (χ1) is 8.15. The van der Waals surface area contributed by atoms with Crippen LogP contribution in [-0.4, -0.2) is 39.5 Å². The van der Waals surface area contributed by atoms with Gasteiger partial charge in [-0.3, -0.25) is 0 Å². The molecule has 0 atom stereocenters. The summed E-state index contributed by atoms with van der Waals surface area (Å²) in [5, 5.41) is 9.24. The lowest BCUT2D eigenvalue weighted by Gasteiger charge is -2.25. The van der Waals surface area contributed by atoms with Crippen LogP contribution in [0.5, 0.6) is 0 Å². The van der Waals surface area contributed by atoms with Crippen LogP contribution in [0.1, 0.15) is 46.3 Å². The highest BCUT2D eigenvalue weighted by Gasteiger charge is 2.31. The zero-order valence-corrected chi connectivity index (χ0v) is 9.81. The number of carboxylic acids is 1. The van der Waals surface area contributed by atoms with Crippen molar-refractivity contribution in [2.75, 3.05) is 13.6 Å². The molecule has 0 radical (unpaired) electrons. The van der Waals surface area contributed by atoms with E-state index in [1.165, 1.54) is 0 Å². The highest BCUT2D eigenvalue weighted by Crippen LogP contribution is 2.38. The van der Waals surface area contributed by atoms with Gasteiger partial charge in [0.05, 0.1) is 5.69 Å². The summed E-state index contributed by atoms with van der Waals surface area (Å²) >= 11 is 0. The number of aromatic nitrogens is 2. The van der Waals surface area contributed by atoms with E-state index in [4.69, 9.17) is 0 Å². The van der Waals surface area contributed by atoms with Gasteiger partial charge in [-0.15, -0.1) is 0 Å². The molecule has 0 bridgehead atoms. The summed E-state index contributed by atoms with van der Waals surface area (Å²) < 4.78 is 0. The molecule has 1 aliphatic heterocycles. The van der Waals surface area contributed by atoms with Crippen molar-refractivity contribution in [3.8, 4) is 0 Å². The number of aromatic carboxylic acids is 1. The van der Waals surface area contributed by atoms with E-state index in [0.717, 1.165) is 42.9 Å². The lowest BCUT2D eigenvalue weighted by atomic mass is 10.0. The molecule has 3 rings (SSSR count). The zero-order valence-electron chi connectivity index (χ0n) is 9.81. The SMILES string of the molecule is CN1CCc2nc(C3CC3)nc(C(=O)O)c2C1. The second-order valence-electron chi connectivity index (χ2n) is 4.92. The van der Waals surface area contributed by atoms with Crippen LogP contribution in [-0.2, 0) is 13.0 Å². The van der Waals surface area contributed by atoms with E-state index in [2.05, 4.69) is 14.9 Å². The third-order valence-corrected chi connectivity index (χ3v) is 3.41. The molecule has 2 aliphatic rings. The molecule has 1 aliphatic carbocycles. The summed E-state index contributed by atoms with van der Waals surface area (Å²) in [6.07, 6.45) is 3.02.